The SMILES string of the molecule is Cc1ccccc1Oc1ccnc2ccc(C(=O)C3=C(O)CCCC3=O)cc12. The van der Waals surface area contributed by atoms with Crippen molar-refractivity contribution in [3.63, 3.8) is 0 Å². The summed E-state index contributed by atoms with van der Waals surface area (Å²) in [5.41, 5.74) is 1.89. The molecule has 0 saturated carbocycles. The Morgan fingerprint density at radius 1 is 1.07 bits per heavy atom. The first-order valence-electron chi connectivity index (χ1n) is 9.17. The fourth-order valence-corrected chi connectivity index (χ4v) is 3.37. The van der Waals surface area contributed by atoms with Gasteiger partial charge in [-0.15, -0.1) is 0 Å². The highest BCUT2D eigenvalue weighted by atomic mass is 16.5. The van der Waals surface area contributed by atoms with Crippen LogP contribution < -0.4 is 4.74 Å². The number of carbonyl (C=O) groups excluding carboxylic acids is 2. The molecule has 0 saturated heterocycles. The second kappa shape index (κ2) is 7.27. The fraction of sp³-hybridized carbons (Fsp3) is 0.174. The number of ether oxygens (including phenoxy) is 1. The van der Waals surface area contributed by atoms with Crippen molar-refractivity contribution >= 4 is 22.5 Å². The number of fused-ring (bicyclic) bond motifs is 1. The van der Waals surface area contributed by atoms with Crippen LogP contribution in [0.2, 0.25) is 0 Å². The maximum Gasteiger partial charge on any atom is 0.200 e. The van der Waals surface area contributed by atoms with Crippen LogP contribution in [0.15, 0.2) is 66.1 Å². The quantitative estimate of drug-likeness (QED) is 0.509. The van der Waals surface area contributed by atoms with Gasteiger partial charge in [0, 0.05) is 30.0 Å². The van der Waals surface area contributed by atoms with Gasteiger partial charge in [-0.1, -0.05) is 18.2 Å². The summed E-state index contributed by atoms with van der Waals surface area (Å²) in [5, 5.41) is 10.7. The number of Topliss-reactive ketones (excluding diaryl/α,β-unsaturated/α-hetero) is 2. The van der Waals surface area contributed by atoms with E-state index >= 15 is 0 Å². The second-order valence-electron chi connectivity index (χ2n) is 6.84. The van der Waals surface area contributed by atoms with Gasteiger partial charge in [-0.25, -0.2) is 0 Å². The third-order valence-corrected chi connectivity index (χ3v) is 4.89. The lowest BCUT2D eigenvalue weighted by Crippen LogP contribution is -2.19. The Hall–Kier alpha value is -3.47. The Labute approximate surface area is 162 Å². The topological polar surface area (TPSA) is 76.5 Å². The maximum absolute atomic E-state index is 12.9. The van der Waals surface area contributed by atoms with Crippen molar-refractivity contribution in [3.05, 3.63) is 77.2 Å². The van der Waals surface area contributed by atoms with Crippen molar-refractivity contribution < 1.29 is 19.4 Å². The average Bonchev–Trinajstić information content (AvgIpc) is 2.69. The van der Waals surface area contributed by atoms with Gasteiger partial charge >= 0.3 is 0 Å². The van der Waals surface area contributed by atoms with Gasteiger partial charge in [-0.2, -0.15) is 0 Å². The van der Waals surface area contributed by atoms with Crippen LogP contribution in [0.5, 0.6) is 11.5 Å². The number of allylic oxidation sites excluding steroid dienone is 2. The number of aryl methyl sites for hydroxylation is 1. The van der Waals surface area contributed by atoms with E-state index in [2.05, 4.69) is 4.98 Å². The van der Waals surface area contributed by atoms with Crippen LogP contribution in [-0.2, 0) is 4.79 Å². The van der Waals surface area contributed by atoms with E-state index in [9.17, 15) is 14.7 Å². The molecule has 28 heavy (non-hydrogen) atoms. The summed E-state index contributed by atoms with van der Waals surface area (Å²) in [6.07, 6.45) is 2.85. The molecule has 0 spiro atoms. The molecule has 0 aliphatic heterocycles. The molecule has 1 aliphatic carbocycles. The second-order valence-corrected chi connectivity index (χ2v) is 6.84. The summed E-state index contributed by atoms with van der Waals surface area (Å²) in [6.45, 7) is 1.96. The van der Waals surface area contributed by atoms with E-state index in [-0.39, 0.29) is 23.5 Å². The zero-order valence-electron chi connectivity index (χ0n) is 15.4. The lowest BCUT2D eigenvalue weighted by Gasteiger charge is -2.15. The molecule has 140 valence electrons. The number of hydrogen-bond donors (Lipinski definition) is 1. The molecule has 0 bridgehead atoms. The van der Waals surface area contributed by atoms with E-state index in [0.717, 1.165) is 11.3 Å². The number of para-hydroxylation sites is 1. The standard InChI is InChI=1S/C23H19NO4/c1-14-5-2-3-8-20(14)28-21-11-12-24-17-10-9-15(13-16(17)21)23(27)22-18(25)6-4-7-19(22)26/h2-3,5,8-13,25H,4,6-7H2,1H3. The number of aliphatic hydroxyl groups excluding tert-OH is 1. The van der Waals surface area contributed by atoms with E-state index in [1.165, 1.54) is 0 Å². The molecule has 3 aromatic rings. The highest BCUT2D eigenvalue weighted by molar-refractivity contribution is 6.27. The molecule has 1 aliphatic rings. The van der Waals surface area contributed by atoms with Crippen LogP contribution in [0, 0.1) is 6.92 Å². The Morgan fingerprint density at radius 2 is 1.89 bits per heavy atom. The van der Waals surface area contributed by atoms with Gasteiger partial charge in [0.15, 0.2) is 11.6 Å². The molecule has 2 aromatic carbocycles. The Bertz CT molecular complexity index is 1130. The van der Waals surface area contributed by atoms with Gasteiger partial charge in [0.25, 0.3) is 0 Å². The molecule has 1 N–H and O–H groups in total. The number of ketones is 2. The number of benzene rings is 2. The number of aromatic nitrogens is 1. The normalized spacial score (nSPS) is 14.4. The molecule has 1 heterocycles. The number of hydrogen-bond acceptors (Lipinski definition) is 5. The van der Waals surface area contributed by atoms with Crippen molar-refractivity contribution in [2.75, 3.05) is 0 Å². The highest BCUT2D eigenvalue weighted by Gasteiger charge is 2.27. The van der Waals surface area contributed by atoms with Crippen LogP contribution in [-0.4, -0.2) is 21.7 Å². The molecular formula is C23H19NO4. The van der Waals surface area contributed by atoms with E-state index in [0.29, 0.717) is 35.1 Å². The first kappa shape index (κ1) is 17.9. The molecule has 5 nitrogen and oxygen atoms in total. The number of pyridine rings is 1. The predicted octanol–water partition coefficient (Wildman–Crippen LogP) is 5.08. The molecule has 0 amide bonds. The largest absolute Gasteiger partial charge is 0.511 e. The summed E-state index contributed by atoms with van der Waals surface area (Å²) in [5.74, 6) is 0.395. The summed E-state index contributed by atoms with van der Waals surface area (Å²) in [7, 11) is 0. The van der Waals surface area contributed by atoms with Crippen molar-refractivity contribution in [1.82, 2.24) is 4.98 Å². The van der Waals surface area contributed by atoms with E-state index in [1.807, 2.05) is 31.2 Å². The minimum atomic E-state index is -0.463. The number of rotatable bonds is 4. The van der Waals surface area contributed by atoms with Crippen LogP contribution in [0.25, 0.3) is 10.9 Å². The van der Waals surface area contributed by atoms with Crippen LogP contribution in [0.4, 0.5) is 0 Å². The predicted molar refractivity (Wildman–Crippen MR) is 106 cm³/mol. The summed E-state index contributed by atoms with van der Waals surface area (Å²) < 4.78 is 6.07. The number of aliphatic hydroxyl groups is 1. The Balaban J connectivity index is 1.77. The first-order valence-corrected chi connectivity index (χ1v) is 9.17. The molecule has 0 atom stereocenters. The Kier molecular flexibility index (Phi) is 4.65. The highest BCUT2D eigenvalue weighted by Crippen LogP contribution is 2.32. The van der Waals surface area contributed by atoms with Crippen molar-refractivity contribution in [3.8, 4) is 11.5 Å². The molecule has 5 heteroatoms. The zero-order chi connectivity index (χ0) is 19.7. The van der Waals surface area contributed by atoms with E-state index in [1.54, 1.807) is 30.5 Å². The maximum atomic E-state index is 12.9. The Morgan fingerprint density at radius 3 is 2.68 bits per heavy atom. The van der Waals surface area contributed by atoms with Gasteiger partial charge in [0.05, 0.1) is 5.52 Å². The minimum absolute atomic E-state index is 0.101. The molecule has 1 aromatic heterocycles. The summed E-state index contributed by atoms with van der Waals surface area (Å²) in [6, 6.07) is 14.4. The van der Waals surface area contributed by atoms with Crippen LogP contribution >= 0.6 is 0 Å². The van der Waals surface area contributed by atoms with E-state index < -0.39 is 5.78 Å². The van der Waals surface area contributed by atoms with Gasteiger partial charge < -0.3 is 9.84 Å². The first-order chi connectivity index (χ1) is 13.5. The van der Waals surface area contributed by atoms with Crippen LogP contribution in [0.3, 0.4) is 0 Å². The number of carbonyl (C=O) groups is 2. The molecule has 0 fully saturated rings. The third-order valence-electron chi connectivity index (χ3n) is 4.89. The fourth-order valence-electron chi connectivity index (χ4n) is 3.37. The monoisotopic (exact) mass is 373 g/mol. The van der Waals surface area contributed by atoms with Crippen molar-refractivity contribution in [2.24, 2.45) is 0 Å². The average molecular weight is 373 g/mol. The van der Waals surface area contributed by atoms with Crippen molar-refractivity contribution in [2.45, 2.75) is 26.2 Å². The molecule has 0 unspecified atom stereocenters. The lowest BCUT2D eigenvalue weighted by molar-refractivity contribution is -0.116. The molecular weight excluding hydrogens is 354 g/mol. The van der Waals surface area contributed by atoms with Gasteiger partial charge in [-0.3, -0.25) is 14.6 Å². The lowest BCUT2D eigenvalue weighted by atomic mass is 9.90. The van der Waals surface area contributed by atoms with Gasteiger partial charge in [-0.05, 0) is 49.2 Å². The zero-order valence-corrected chi connectivity index (χ0v) is 15.4. The summed E-state index contributed by atoms with van der Waals surface area (Å²) >= 11 is 0. The number of nitrogens with zero attached hydrogens (tertiary/aromatic N) is 1. The minimum Gasteiger partial charge on any atom is -0.511 e. The molecule has 0 radical (unpaired) electrons. The van der Waals surface area contributed by atoms with Gasteiger partial charge in [0.1, 0.15) is 22.8 Å². The smallest absolute Gasteiger partial charge is 0.200 e. The van der Waals surface area contributed by atoms with Gasteiger partial charge in [0.2, 0.25) is 0 Å². The molecule has 4 rings (SSSR count). The van der Waals surface area contributed by atoms with Crippen LogP contribution in [0.1, 0.15) is 35.2 Å². The summed E-state index contributed by atoms with van der Waals surface area (Å²) in [4.78, 5) is 29.4. The van der Waals surface area contributed by atoms with E-state index in [4.69, 9.17) is 4.74 Å². The third kappa shape index (κ3) is 3.27. The van der Waals surface area contributed by atoms with Crippen molar-refractivity contribution in [1.29, 1.82) is 0 Å².